The highest BCUT2D eigenvalue weighted by molar-refractivity contribution is 9.10. The van der Waals surface area contributed by atoms with Crippen molar-refractivity contribution in [1.29, 1.82) is 0 Å². The fourth-order valence-electron chi connectivity index (χ4n) is 2.16. The summed E-state index contributed by atoms with van der Waals surface area (Å²) in [6.07, 6.45) is 0.439. The molecule has 0 amide bonds. The van der Waals surface area contributed by atoms with E-state index in [4.69, 9.17) is 11.6 Å². The molecule has 0 fully saturated rings. The average molecular weight is 372 g/mol. The Morgan fingerprint density at radius 2 is 2.00 bits per heavy atom. The van der Waals surface area contributed by atoms with E-state index in [1.807, 2.05) is 24.3 Å². The van der Waals surface area contributed by atoms with Crippen LogP contribution in [0.4, 0.5) is 4.39 Å². The lowest BCUT2D eigenvalue weighted by Crippen LogP contribution is -2.19. The summed E-state index contributed by atoms with van der Waals surface area (Å²) in [6, 6.07) is 11.6. The van der Waals surface area contributed by atoms with Gasteiger partial charge in [-0.15, -0.1) is 0 Å². The van der Waals surface area contributed by atoms with Gasteiger partial charge in [0.25, 0.3) is 0 Å². The fraction of sp³-hybridized carbons (Fsp3) is 0.188. The zero-order chi connectivity index (χ0) is 15.4. The van der Waals surface area contributed by atoms with Gasteiger partial charge < -0.3 is 5.11 Å². The Hall–Kier alpha value is -1.39. The number of carbonyl (C=O) groups is 1. The smallest absolute Gasteiger partial charge is 0.307 e. The molecule has 0 saturated carbocycles. The molecule has 2 aromatic rings. The van der Waals surface area contributed by atoms with Crippen molar-refractivity contribution in [2.24, 2.45) is 5.92 Å². The third kappa shape index (κ3) is 4.55. The number of aliphatic carboxylic acids is 1. The zero-order valence-corrected chi connectivity index (χ0v) is 13.4. The summed E-state index contributed by atoms with van der Waals surface area (Å²) in [4.78, 5) is 11.4. The topological polar surface area (TPSA) is 37.3 Å². The molecule has 0 aliphatic heterocycles. The van der Waals surface area contributed by atoms with Crippen molar-refractivity contribution in [2.45, 2.75) is 12.8 Å². The van der Waals surface area contributed by atoms with Crippen LogP contribution in [0.15, 0.2) is 46.9 Å². The predicted octanol–water partition coefficient (Wildman–Crippen LogP) is 4.73. The molecule has 1 unspecified atom stereocenters. The van der Waals surface area contributed by atoms with E-state index in [0.29, 0.717) is 17.0 Å². The van der Waals surface area contributed by atoms with Gasteiger partial charge in [-0.2, -0.15) is 0 Å². The molecule has 0 saturated heterocycles. The van der Waals surface area contributed by atoms with Crippen LogP contribution in [-0.4, -0.2) is 11.1 Å². The number of carboxylic acids is 1. The Balaban J connectivity index is 2.20. The van der Waals surface area contributed by atoms with Crippen LogP contribution in [0.25, 0.3) is 0 Å². The van der Waals surface area contributed by atoms with Gasteiger partial charge in [0.15, 0.2) is 0 Å². The van der Waals surface area contributed by atoms with Crippen molar-refractivity contribution >= 4 is 33.5 Å². The molecule has 5 heteroatoms. The van der Waals surface area contributed by atoms with E-state index in [1.54, 1.807) is 0 Å². The first kappa shape index (κ1) is 16.0. The van der Waals surface area contributed by atoms with Crippen LogP contribution in [0.3, 0.4) is 0 Å². The molecule has 1 atom stereocenters. The third-order valence-electron chi connectivity index (χ3n) is 3.19. The normalized spacial score (nSPS) is 12.1. The Kier molecular flexibility index (Phi) is 5.37. The van der Waals surface area contributed by atoms with Crippen molar-refractivity contribution in [2.75, 3.05) is 0 Å². The molecular formula is C16H13BrClFO2. The minimum absolute atomic E-state index is 0.105. The van der Waals surface area contributed by atoms with Crippen molar-refractivity contribution in [3.05, 3.63) is 68.9 Å². The molecule has 0 heterocycles. The second-order valence-corrected chi connectivity index (χ2v) is 6.16. The number of hydrogen-bond donors (Lipinski definition) is 1. The van der Waals surface area contributed by atoms with Gasteiger partial charge >= 0.3 is 5.97 Å². The van der Waals surface area contributed by atoms with Gasteiger partial charge in [0.05, 0.1) is 5.92 Å². The first-order valence-corrected chi connectivity index (χ1v) is 7.54. The van der Waals surface area contributed by atoms with Gasteiger partial charge in [0, 0.05) is 9.50 Å². The van der Waals surface area contributed by atoms with Crippen LogP contribution in [0.2, 0.25) is 5.02 Å². The van der Waals surface area contributed by atoms with Crippen molar-refractivity contribution in [3.63, 3.8) is 0 Å². The number of hydrogen-bond acceptors (Lipinski definition) is 1. The van der Waals surface area contributed by atoms with Crippen LogP contribution >= 0.6 is 27.5 Å². The monoisotopic (exact) mass is 370 g/mol. The van der Waals surface area contributed by atoms with E-state index >= 15 is 0 Å². The summed E-state index contributed by atoms with van der Waals surface area (Å²) in [7, 11) is 0. The third-order valence-corrected chi connectivity index (χ3v) is 3.92. The Labute approximate surface area is 135 Å². The second kappa shape index (κ2) is 7.05. The predicted molar refractivity (Wildman–Crippen MR) is 84.1 cm³/mol. The van der Waals surface area contributed by atoms with Crippen LogP contribution in [0.5, 0.6) is 0 Å². The second-order valence-electron chi connectivity index (χ2n) is 4.81. The average Bonchev–Trinajstić information content (AvgIpc) is 2.42. The minimum atomic E-state index is -0.950. The van der Waals surface area contributed by atoms with E-state index in [2.05, 4.69) is 15.9 Å². The summed E-state index contributed by atoms with van der Waals surface area (Å²) in [6.45, 7) is 0. The Bertz CT molecular complexity index is 660. The largest absolute Gasteiger partial charge is 0.481 e. The van der Waals surface area contributed by atoms with E-state index < -0.39 is 17.7 Å². The molecule has 2 rings (SSSR count). The molecule has 0 spiro atoms. The summed E-state index contributed by atoms with van der Waals surface area (Å²) in [5, 5.41) is 9.76. The Morgan fingerprint density at radius 3 is 2.67 bits per heavy atom. The summed E-state index contributed by atoms with van der Waals surface area (Å²) >= 11 is 9.19. The molecular weight excluding hydrogens is 359 g/mol. The molecule has 0 aromatic heterocycles. The van der Waals surface area contributed by atoms with Gasteiger partial charge in [-0.25, -0.2) is 4.39 Å². The quantitative estimate of drug-likeness (QED) is 0.825. The lowest BCUT2D eigenvalue weighted by Gasteiger charge is -2.13. The number of carboxylic acid groups (broad SMARTS) is 1. The molecule has 0 aliphatic rings. The molecule has 1 N–H and O–H groups in total. The lowest BCUT2D eigenvalue weighted by atomic mass is 9.92. The maximum Gasteiger partial charge on any atom is 0.307 e. The van der Waals surface area contributed by atoms with Gasteiger partial charge in [-0.05, 0) is 54.3 Å². The van der Waals surface area contributed by atoms with E-state index in [0.717, 1.165) is 10.0 Å². The lowest BCUT2D eigenvalue weighted by molar-refractivity contribution is -0.141. The Morgan fingerprint density at radius 1 is 1.24 bits per heavy atom. The minimum Gasteiger partial charge on any atom is -0.481 e. The fourth-order valence-corrected chi connectivity index (χ4v) is 2.80. The first-order chi connectivity index (χ1) is 9.95. The summed E-state index contributed by atoms with van der Waals surface area (Å²) < 4.78 is 14.6. The molecule has 110 valence electrons. The molecule has 21 heavy (non-hydrogen) atoms. The van der Waals surface area contributed by atoms with Gasteiger partial charge in [0.2, 0.25) is 0 Å². The van der Waals surface area contributed by atoms with Crippen molar-refractivity contribution in [3.8, 4) is 0 Å². The van der Waals surface area contributed by atoms with Crippen LogP contribution in [0.1, 0.15) is 11.1 Å². The zero-order valence-electron chi connectivity index (χ0n) is 11.0. The molecule has 0 radical (unpaired) electrons. The van der Waals surface area contributed by atoms with Gasteiger partial charge in [-0.1, -0.05) is 39.7 Å². The molecule has 0 aliphatic carbocycles. The highest BCUT2D eigenvalue weighted by Crippen LogP contribution is 2.22. The maximum atomic E-state index is 13.7. The van der Waals surface area contributed by atoms with Crippen LogP contribution in [0, 0.1) is 11.7 Å². The van der Waals surface area contributed by atoms with E-state index in [9.17, 15) is 14.3 Å². The molecule has 0 bridgehead atoms. The maximum absolute atomic E-state index is 13.7. The summed E-state index contributed by atoms with van der Waals surface area (Å²) in [5.74, 6) is -2.08. The highest BCUT2D eigenvalue weighted by Gasteiger charge is 2.20. The van der Waals surface area contributed by atoms with Crippen molar-refractivity contribution in [1.82, 2.24) is 0 Å². The van der Waals surface area contributed by atoms with E-state index in [-0.39, 0.29) is 6.42 Å². The number of halogens is 3. The van der Waals surface area contributed by atoms with E-state index in [1.165, 1.54) is 18.2 Å². The van der Waals surface area contributed by atoms with Crippen LogP contribution < -0.4 is 0 Å². The standard InChI is InChI=1S/C16H13BrClFO2/c17-13-3-1-2-10(7-13)6-12(16(20)21)8-11-9-14(18)4-5-15(11)19/h1-5,7,9,12H,6,8H2,(H,20,21). The van der Waals surface area contributed by atoms with Crippen molar-refractivity contribution < 1.29 is 14.3 Å². The number of rotatable bonds is 5. The molecule has 2 aromatic carbocycles. The van der Waals surface area contributed by atoms with Gasteiger partial charge in [-0.3, -0.25) is 4.79 Å². The van der Waals surface area contributed by atoms with Gasteiger partial charge in [0.1, 0.15) is 5.82 Å². The van der Waals surface area contributed by atoms with Crippen LogP contribution in [-0.2, 0) is 17.6 Å². The highest BCUT2D eigenvalue weighted by atomic mass is 79.9. The molecule has 2 nitrogen and oxygen atoms in total. The first-order valence-electron chi connectivity index (χ1n) is 6.37. The SMILES string of the molecule is O=C(O)C(Cc1cccc(Br)c1)Cc1cc(Cl)ccc1F. The summed E-state index contributed by atoms with van der Waals surface area (Å²) in [5.41, 5.74) is 1.21. The number of benzene rings is 2.